The quantitative estimate of drug-likeness (QED) is 0.480. The van der Waals surface area contributed by atoms with Gasteiger partial charge in [-0.25, -0.2) is 0 Å². The Balaban J connectivity index is 0. The Bertz CT molecular complexity index is 106. The van der Waals surface area contributed by atoms with Crippen LogP contribution >= 0.6 is 0 Å². The fourth-order valence-corrected chi connectivity index (χ4v) is 0.207. The van der Waals surface area contributed by atoms with Gasteiger partial charge in [-0.2, -0.15) is 0 Å². The highest BCUT2D eigenvalue weighted by Crippen LogP contribution is 1.72. The molecule has 11 heavy (non-hydrogen) atoms. The summed E-state index contributed by atoms with van der Waals surface area (Å²) in [5.41, 5.74) is 0. The summed E-state index contributed by atoms with van der Waals surface area (Å²) in [4.78, 5) is 0. The number of hydrogen-bond acceptors (Lipinski definition) is 4. The molecular formula is C7H18O4. The number of methoxy groups -OCH3 is 1. The van der Waals surface area contributed by atoms with Gasteiger partial charge in [-0.1, -0.05) is 0 Å². The summed E-state index contributed by atoms with van der Waals surface area (Å²) >= 11 is 0. The predicted molar refractivity (Wildman–Crippen MR) is 42.4 cm³/mol. The van der Waals surface area contributed by atoms with Crippen LogP contribution in [0.1, 0.15) is 17.0 Å². The summed E-state index contributed by atoms with van der Waals surface area (Å²) in [5, 5.41) is 24.0. The van der Waals surface area contributed by atoms with Crippen molar-refractivity contribution >= 4 is 0 Å². The zero-order valence-electron chi connectivity index (χ0n) is 9.49. The van der Waals surface area contributed by atoms with Gasteiger partial charge in [-0.3, -0.25) is 0 Å². The third kappa shape index (κ3) is 25.8. The van der Waals surface area contributed by atoms with E-state index >= 15 is 0 Å². The molecule has 0 amide bonds. The van der Waals surface area contributed by atoms with Crippen molar-refractivity contribution in [1.82, 2.24) is 0 Å². The predicted octanol–water partition coefficient (Wildman–Crippen LogP) is -0.624. The van der Waals surface area contributed by atoms with E-state index in [-0.39, 0.29) is 26.4 Å². The number of aliphatic hydroxyl groups is 3. The minimum Gasteiger partial charge on any atom is -0.396 e. The highest BCUT2D eigenvalue weighted by molar-refractivity contribution is 4.25. The number of hydrogen-bond donors (Lipinski definition) is 3. The van der Waals surface area contributed by atoms with E-state index < -0.39 is 7.04 Å². The molecule has 4 heteroatoms. The average molecular weight is 169 g/mol. The van der Waals surface area contributed by atoms with Crippen molar-refractivity contribution in [2.45, 2.75) is 12.8 Å². The van der Waals surface area contributed by atoms with Crippen LogP contribution < -0.4 is 0 Å². The molecule has 0 saturated heterocycles. The molecule has 0 heterocycles. The lowest BCUT2D eigenvalue weighted by molar-refractivity contribution is 0.166. The molecule has 0 atom stereocenters. The summed E-state index contributed by atoms with van der Waals surface area (Å²) in [5.74, 6) is 0. The minimum absolute atomic E-state index is 0.0317. The van der Waals surface area contributed by atoms with E-state index in [2.05, 4.69) is 4.74 Å². The Kier molecular flexibility index (Phi) is 11.2. The maximum atomic E-state index is 8.20. The Morgan fingerprint density at radius 1 is 1.09 bits per heavy atom. The Morgan fingerprint density at radius 2 is 1.64 bits per heavy atom. The third-order valence-corrected chi connectivity index (χ3v) is 0.721. The summed E-state index contributed by atoms with van der Waals surface area (Å²) in [6.45, 7) is 0.246. The van der Waals surface area contributed by atoms with E-state index in [1.54, 1.807) is 0 Å². The second kappa shape index (κ2) is 16.4. The molecule has 0 radical (unpaired) electrons. The van der Waals surface area contributed by atoms with E-state index in [0.29, 0.717) is 12.8 Å². The van der Waals surface area contributed by atoms with Crippen LogP contribution in [0.3, 0.4) is 0 Å². The van der Waals surface area contributed by atoms with Gasteiger partial charge in [0.25, 0.3) is 0 Å². The van der Waals surface area contributed by atoms with Gasteiger partial charge in [0.1, 0.15) is 0 Å². The molecule has 0 spiro atoms. The molecule has 0 aromatic carbocycles. The van der Waals surface area contributed by atoms with Crippen molar-refractivity contribution < 1.29 is 24.2 Å². The molecule has 0 fully saturated rings. The van der Waals surface area contributed by atoms with Crippen LogP contribution in [0.15, 0.2) is 0 Å². The van der Waals surface area contributed by atoms with Crippen LogP contribution in [-0.2, 0) is 4.74 Å². The van der Waals surface area contributed by atoms with Gasteiger partial charge >= 0.3 is 0 Å². The SMILES string of the molecule is OCCCO.[2H]C([2H])([2H])OCCCO. The van der Waals surface area contributed by atoms with Gasteiger partial charge in [-0.15, -0.1) is 0 Å². The zero-order valence-corrected chi connectivity index (χ0v) is 6.49. The second-order valence-corrected chi connectivity index (χ2v) is 1.73. The van der Waals surface area contributed by atoms with Crippen LogP contribution in [0.2, 0.25) is 0 Å². The van der Waals surface area contributed by atoms with Crippen LogP contribution in [-0.4, -0.2) is 48.8 Å². The fraction of sp³-hybridized carbons (Fsp3) is 1.00. The first kappa shape index (κ1) is 7.49. The summed E-state index contributed by atoms with van der Waals surface area (Å²) in [6, 6.07) is 0. The van der Waals surface area contributed by atoms with Crippen molar-refractivity contribution in [2.75, 3.05) is 33.5 Å². The van der Waals surface area contributed by atoms with Crippen molar-refractivity contribution in [3.63, 3.8) is 0 Å². The zero-order chi connectivity index (χ0) is 11.4. The molecule has 4 nitrogen and oxygen atoms in total. The summed E-state index contributed by atoms with van der Waals surface area (Å²) in [6.07, 6.45) is 0.873. The van der Waals surface area contributed by atoms with E-state index in [4.69, 9.17) is 19.4 Å². The van der Waals surface area contributed by atoms with E-state index in [0.717, 1.165) is 0 Å². The Morgan fingerprint density at radius 3 is 1.91 bits per heavy atom. The standard InChI is InChI=1S/C4H10O2.C3H8O2/c1-6-4-2-3-5;4-2-1-3-5/h5H,2-4H2,1H3;4-5H,1-3H2/i1D3;. The van der Waals surface area contributed by atoms with Gasteiger partial charge in [0, 0.05) is 33.5 Å². The summed E-state index contributed by atoms with van der Waals surface area (Å²) < 4.78 is 23.9. The largest absolute Gasteiger partial charge is 0.396 e. The lowest BCUT2D eigenvalue weighted by Gasteiger charge is -1.89. The monoisotopic (exact) mass is 169 g/mol. The molecule has 0 bridgehead atoms. The molecule has 0 saturated carbocycles. The van der Waals surface area contributed by atoms with Crippen molar-refractivity contribution in [3.8, 4) is 0 Å². The maximum Gasteiger partial charge on any atom is 0.0530 e. The van der Waals surface area contributed by atoms with Gasteiger partial charge in [-0.05, 0) is 12.8 Å². The molecule has 0 unspecified atom stereocenters. The van der Waals surface area contributed by atoms with Gasteiger partial charge in [0.05, 0.1) is 4.11 Å². The van der Waals surface area contributed by atoms with Crippen molar-refractivity contribution in [2.24, 2.45) is 0 Å². The number of aliphatic hydroxyl groups excluding tert-OH is 3. The maximum absolute atomic E-state index is 8.20. The van der Waals surface area contributed by atoms with E-state index in [1.165, 1.54) is 0 Å². The highest BCUT2D eigenvalue weighted by Gasteiger charge is 1.75. The minimum atomic E-state index is -2.31. The molecule has 0 aliphatic carbocycles. The molecule has 0 aliphatic rings. The summed E-state index contributed by atoms with van der Waals surface area (Å²) in [7, 11) is -2.31. The van der Waals surface area contributed by atoms with Gasteiger partial charge in [0.15, 0.2) is 0 Å². The second-order valence-electron chi connectivity index (χ2n) is 1.73. The lowest BCUT2D eigenvalue weighted by atomic mass is 10.5. The van der Waals surface area contributed by atoms with Crippen LogP contribution in [0, 0.1) is 0 Å². The van der Waals surface area contributed by atoms with E-state index in [9.17, 15) is 0 Å². The normalized spacial score (nSPS) is 13.9. The van der Waals surface area contributed by atoms with Crippen molar-refractivity contribution in [1.29, 1.82) is 0 Å². The fourth-order valence-electron chi connectivity index (χ4n) is 0.207. The highest BCUT2D eigenvalue weighted by atomic mass is 16.5. The smallest absolute Gasteiger partial charge is 0.0530 e. The molecule has 70 valence electrons. The Hall–Kier alpha value is -0.160. The molecule has 0 rings (SSSR count). The molecular weight excluding hydrogens is 148 g/mol. The topological polar surface area (TPSA) is 69.9 Å². The van der Waals surface area contributed by atoms with Crippen LogP contribution in [0.5, 0.6) is 0 Å². The first-order chi connectivity index (χ1) is 6.47. The molecule has 0 aliphatic heterocycles. The molecule has 0 aromatic rings. The number of ether oxygens (including phenoxy) is 1. The molecule has 3 N–H and O–H groups in total. The van der Waals surface area contributed by atoms with Crippen LogP contribution in [0.25, 0.3) is 0 Å². The van der Waals surface area contributed by atoms with E-state index in [1.807, 2.05) is 0 Å². The van der Waals surface area contributed by atoms with Gasteiger partial charge in [0.2, 0.25) is 0 Å². The van der Waals surface area contributed by atoms with Crippen molar-refractivity contribution in [3.05, 3.63) is 0 Å². The van der Waals surface area contributed by atoms with Gasteiger partial charge < -0.3 is 20.1 Å². The molecule has 0 aromatic heterocycles. The third-order valence-electron chi connectivity index (χ3n) is 0.721. The number of rotatable bonds is 5. The average Bonchev–Trinajstić information content (AvgIpc) is 2.05. The van der Waals surface area contributed by atoms with Crippen LogP contribution in [0.4, 0.5) is 0 Å². The lowest BCUT2D eigenvalue weighted by Crippen LogP contribution is -1.90. The first-order valence-corrected chi connectivity index (χ1v) is 3.44. The first-order valence-electron chi connectivity index (χ1n) is 4.94. The Labute approximate surface area is 71.6 Å².